The number of ketones is 1. The lowest BCUT2D eigenvalue weighted by atomic mass is 10.1. The summed E-state index contributed by atoms with van der Waals surface area (Å²) in [6.07, 6.45) is 0.0827. The Morgan fingerprint density at radius 1 is 1.53 bits per heavy atom. The minimum absolute atomic E-state index is 0.0435. The number of nitrogens with one attached hydrogen (secondary N) is 1. The van der Waals surface area contributed by atoms with E-state index in [0.29, 0.717) is 10.6 Å². The van der Waals surface area contributed by atoms with E-state index in [1.807, 2.05) is 6.92 Å². The summed E-state index contributed by atoms with van der Waals surface area (Å²) in [4.78, 5) is 11.4. The van der Waals surface area contributed by atoms with Gasteiger partial charge in [0.05, 0.1) is 6.54 Å². The number of Topliss-reactive ketones (excluding diaryl/α,β-unsaturated/α-hetero) is 1. The maximum Gasteiger partial charge on any atom is 0.151 e. The third-order valence-electron chi connectivity index (χ3n) is 1.97. The van der Waals surface area contributed by atoms with Crippen molar-refractivity contribution in [1.82, 2.24) is 5.32 Å². The van der Waals surface area contributed by atoms with Crippen LogP contribution in [0.3, 0.4) is 0 Å². The molecule has 0 atom stereocenters. The van der Waals surface area contributed by atoms with Crippen LogP contribution in [0.4, 0.5) is 4.39 Å². The Hall–Kier alpha value is -0.930. The first kappa shape index (κ1) is 12.1. The van der Waals surface area contributed by atoms with E-state index in [0.717, 1.165) is 6.54 Å². The molecule has 0 unspecified atom stereocenters. The van der Waals surface area contributed by atoms with Gasteiger partial charge in [0.15, 0.2) is 5.78 Å². The van der Waals surface area contributed by atoms with Gasteiger partial charge < -0.3 is 5.32 Å². The first-order valence-electron chi connectivity index (χ1n) is 4.79. The average Bonchev–Trinajstić information content (AvgIpc) is 2.20. The lowest BCUT2D eigenvalue weighted by Gasteiger charge is -2.03. The molecule has 1 N–H and O–H groups in total. The fourth-order valence-corrected chi connectivity index (χ4v) is 1.41. The first-order valence-corrected chi connectivity index (χ1v) is 5.17. The SMILES string of the molecule is CCNCC(=O)Cc1cc(Cl)ccc1F. The lowest BCUT2D eigenvalue weighted by Crippen LogP contribution is -2.24. The Morgan fingerprint density at radius 2 is 2.27 bits per heavy atom. The molecule has 1 aromatic rings. The number of halogens is 2. The Kier molecular flexibility index (Phi) is 4.72. The van der Waals surface area contributed by atoms with Crippen LogP contribution in [0.15, 0.2) is 18.2 Å². The summed E-state index contributed by atoms with van der Waals surface area (Å²) >= 11 is 5.71. The number of hydrogen-bond donors (Lipinski definition) is 1. The lowest BCUT2D eigenvalue weighted by molar-refractivity contribution is -0.117. The van der Waals surface area contributed by atoms with Gasteiger partial charge in [0.1, 0.15) is 5.82 Å². The van der Waals surface area contributed by atoms with Crippen molar-refractivity contribution in [1.29, 1.82) is 0 Å². The van der Waals surface area contributed by atoms with E-state index < -0.39 is 0 Å². The number of carbonyl (C=O) groups excluding carboxylic acids is 1. The second kappa shape index (κ2) is 5.83. The molecule has 0 spiro atoms. The standard InChI is InChI=1S/C11H13ClFNO/c1-2-14-7-10(15)6-8-5-9(12)3-4-11(8)13/h3-5,14H,2,6-7H2,1H3. The van der Waals surface area contributed by atoms with Crippen molar-refractivity contribution < 1.29 is 9.18 Å². The molecule has 1 aromatic carbocycles. The van der Waals surface area contributed by atoms with Gasteiger partial charge in [-0.3, -0.25) is 4.79 Å². The van der Waals surface area contributed by atoms with Gasteiger partial charge >= 0.3 is 0 Å². The molecule has 4 heteroatoms. The molecule has 0 saturated carbocycles. The van der Waals surface area contributed by atoms with Crippen molar-refractivity contribution in [2.45, 2.75) is 13.3 Å². The van der Waals surface area contributed by atoms with E-state index in [9.17, 15) is 9.18 Å². The normalized spacial score (nSPS) is 10.3. The molecule has 0 aromatic heterocycles. The van der Waals surface area contributed by atoms with E-state index in [1.165, 1.54) is 18.2 Å². The van der Waals surface area contributed by atoms with E-state index in [4.69, 9.17) is 11.6 Å². The van der Waals surface area contributed by atoms with Crippen LogP contribution in [0, 0.1) is 5.82 Å². The summed E-state index contributed by atoms with van der Waals surface area (Å²) in [5.74, 6) is -0.428. The fraction of sp³-hybridized carbons (Fsp3) is 0.364. The molecule has 0 aliphatic heterocycles. The monoisotopic (exact) mass is 229 g/mol. The molecule has 0 bridgehead atoms. The quantitative estimate of drug-likeness (QED) is 0.839. The van der Waals surface area contributed by atoms with Crippen LogP contribution in [0.5, 0.6) is 0 Å². The van der Waals surface area contributed by atoms with Crippen molar-refractivity contribution in [3.05, 3.63) is 34.6 Å². The first-order chi connectivity index (χ1) is 7.13. The van der Waals surface area contributed by atoms with Gasteiger partial charge in [-0.25, -0.2) is 4.39 Å². The molecule has 0 fully saturated rings. The van der Waals surface area contributed by atoms with Crippen LogP contribution < -0.4 is 5.32 Å². The number of carbonyl (C=O) groups is 1. The largest absolute Gasteiger partial charge is 0.310 e. The summed E-state index contributed by atoms with van der Waals surface area (Å²) in [6, 6.07) is 4.23. The molecule has 0 radical (unpaired) electrons. The Morgan fingerprint density at radius 3 is 2.93 bits per heavy atom. The second-order valence-corrected chi connectivity index (χ2v) is 3.67. The molecule has 0 aliphatic carbocycles. The van der Waals surface area contributed by atoms with Crippen LogP contribution in [0.2, 0.25) is 5.02 Å². The van der Waals surface area contributed by atoms with Crippen molar-refractivity contribution in [2.24, 2.45) is 0 Å². The predicted octanol–water partition coefficient (Wildman–Crippen LogP) is 2.20. The summed E-state index contributed by atoms with van der Waals surface area (Å²) in [6.45, 7) is 2.90. The van der Waals surface area contributed by atoms with Crippen LogP contribution in [0.1, 0.15) is 12.5 Å². The van der Waals surface area contributed by atoms with Gasteiger partial charge in [-0.15, -0.1) is 0 Å². The zero-order valence-corrected chi connectivity index (χ0v) is 9.27. The molecule has 0 amide bonds. The third-order valence-corrected chi connectivity index (χ3v) is 2.20. The highest BCUT2D eigenvalue weighted by molar-refractivity contribution is 6.30. The van der Waals surface area contributed by atoms with Crippen molar-refractivity contribution in [3.8, 4) is 0 Å². The summed E-state index contributed by atoms with van der Waals surface area (Å²) in [7, 11) is 0. The fourth-order valence-electron chi connectivity index (χ4n) is 1.22. The van der Waals surface area contributed by atoms with Crippen LogP contribution in [-0.2, 0) is 11.2 Å². The zero-order valence-electron chi connectivity index (χ0n) is 8.52. The van der Waals surface area contributed by atoms with Gasteiger partial charge in [-0.1, -0.05) is 18.5 Å². The van der Waals surface area contributed by atoms with Gasteiger partial charge in [0, 0.05) is 11.4 Å². The van der Waals surface area contributed by atoms with Crippen molar-refractivity contribution in [3.63, 3.8) is 0 Å². The summed E-state index contributed by atoms with van der Waals surface area (Å²) in [5, 5.41) is 3.34. The second-order valence-electron chi connectivity index (χ2n) is 3.23. The van der Waals surface area contributed by atoms with Gasteiger partial charge in [0.2, 0.25) is 0 Å². The number of rotatable bonds is 5. The Balaban J connectivity index is 2.63. The number of hydrogen-bond acceptors (Lipinski definition) is 2. The van der Waals surface area contributed by atoms with E-state index >= 15 is 0 Å². The molecule has 2 nitrogen and oxygen atoms in total. The molecule has 0 heterocycles. The van der Waals surface area contributed by atoms with E-state index in [-0.39, 0.29) is 24.6 Å². The molecule has 15 heavy (non-hydrogen) atoms. The van der Waals surface area contributed by atoms with Gasteiger partial charge in [-0.05, 0) is 30.3 Å². The molecule has 1 rings (SSSR count). The van der Waals surface area contributed by atoms with Crippen LogP contribution in [0.25, 0.3) is 0 Å². The summed E-state index contributed by atoms with van der Waals surface area (Å²) < 4.78 is 13.2. The maximum absolute atomic E-state index is 13.2. The number of benzene rings is 1. The highest BCUT2D eigenvalue weighted by Crippen LogP contribution is 2.15. The van der Waals surface area contributed by atoms with E-state index in [2.05, 4.69) is 5.32 Å². The van der Waals surface area contributed by atoms with Crippen molar-refractivity contribution in [2.75, 3.05) is 13.1 Å². The average molecular weight is 230 g/mol. The Bertz CT molecular complexity index is 354. The highest BCUT2D eigenvalue weighted by atomic mass is 35.5. The maximum atomic E-state index is 13.2. The minimum Gasteiger partial charge on any atom is -0.310 e. The molecule has 0 saturated heterocycles. The van der Waals surface area contributed by atoms with Crippen LogP contribution in [-0.4, -0.2) is 18.9 Å². The highest BCUT2D eigenvalue weighted by Gasteiger charge is 2.08. The Labute approximate surface area is 93.4 Å². The van der Waals surface area contributed by atoms with Gasteiger partial charge in [-0.2, -0.15) is 0 Å². The zero-order chi connectivity index (χ0) is 11.3. The molecular weight excluding hydrogens is 217 g/mol. The molecule has 82 valence electrons. The topological polar surface area (TPSA) is 29.1 Å². The smallest absolute Gasteiger partial charge is 0.151 e. The summed E-state index contributed by atoms with van der Waals surface area (Å²) in [5.41, 5.74) is 0.352. The third kappa shape index (κ3) is 3.98. The van der Waals surface area contributed by atoms with Crippen molar-refractivity contribution >= 4 is 17.4 Å². The van der Waals surface area contributed by atoms with E-state index in [1.54, 1.807) is 0 Å². The van der Waals surface area contributed by atoms with Gasteiger partial charge in [0.25, 0.3) is 0 Å². The minimum atomic E-state index is -0.385. The molecule has 0 aliphatic rings. The van der Waals surface area contributed by atoms with Crippen LogP contribution >= 0.6 is 11.6 Å². The molecular formula is C11H13ClFNO. The number of likely N-dealkylation sites (N-methyl/N-ethyl adjacent to an activating group) is 1. The predicted molar refractivity (Wildman–Crippen MR) is 58.7 cm³/mol.